The average Bonchev–Trinajstić information content (AvgIpc) is 2.31. The van der Waals surface area contributed by atoms with Gasteiger partial charge >= 0.3 is 12.0 Å². The minimum absolute atomic E-state index is 0.0491. The van der Waals surface area contributed by atoms with Crippen molar-refractivity contribution in [3.63, 3.8) is 0 Å². The van der Waals surface area contributed by atoms with Crippen molar-refractivity contribution in [1.29, 1.82) is 0 Å². The summed E-state index contributed by atoms with van der Waals surface area (Å²) < 4.78 is 4.86. The van der Waals surface area contributed by atoms with Gasteiger partial charge in [-0.2, -0.15) is 0 Å². The van der Waals surface area contributed by atoms with Crippen molar-refractivity contribution in [2.45, 2.75) is 26.4 Å². The van der Waals surface area contributed by atoms with Crippen LogP contribution in [0.25, 0.3) is 0 Å². The van der Waals surface area contributed by atoms with Gasteiger partial charge in [-0.1, -0.05) is 13.8 Å². The number of aliphatic hydroxyl groups is 1. The van der Waals surface area contributed by atoms with Crippen molar-refractivity contribution >= 4 is 12.0 Å². The molecule has 0 heterocycles. The molecule has 0 fully saturated rings. The Bertz CT molecular complexity index is 233. The minimum atomic E-state index is -0.884. The third kappa shape index (κ3) is 6.23. The first-order valence-electron chi connectivity index (χ1n) is 5.31. The Kier molecular flexibility index (Phi) is 7.28. The first-order valence-corrected chi connectivity index (χ1v) is 5.31. The second-order valence-electron chi connectivity index (χ2n) is 3.55. The van der Waals surface area contributed by atoms with E-state index < -0.39 is 6.10 Å². The van der Waals surface area contributed by atoms with Crippen molar-refractivity contribution in [3.8, 4) is 0 Å². The normalized spacial score (nSPS) is 13.8. The molecule has 0 aliphatic rings. The van der Waals surface area contributed by atoms with Gasteiger partial charge in [-0.25, -0.2) is 4.79 Å². The summed E-state index contributed by atoms with van der Waals surface area (Å²) in [5.74, 6) is -0.499. The van der Waals surface area contributed by atoms with E-state index >= 15 is 0 Å². The summed E-state index contributed by atoms with van der Waals surface area (Å²) in [5.41, 5.74) is 0. The van der Waals surface area contributed by atoms with E-state index in [2.05, 4.69) is 10.6 Å². The third-order valence-electron chi connectivity index (χ3n) is 2.16. The number of esters is 1. The molecule has 0 aromatic rings. The second-order valence-corrected chi connectivity index (χ2v) is 3.55. The Hall–Kier alpha value is -1.30. The molecule has 6 nitrogen and oxygen atoms in total. The van der Waals surface area contributed by atoms with E-state index in [4.69, 9.17) is 4.74 Å². The molecule has 2 atom stereocenters. The van der Waals surface area contributed by atoms with Crippen LogP contribution >= 0.6 is 0 Å². The summed E-state index contributed by atoms with van der Waals surface area (Å²) in [4.78, 5) is 22.0. The van der Waals surface area contributed by atoms with Crippen LogP contribution in [0.3, 0.4) is 0 Å². The highest BCUT2D eigenvalue weighted by Crippen LogP contribution is 2.03. The van der Waals surface area contributed by atoms with E-state index in [0.29, 0.717) is 6.42 Å². The molecule has 0 aromatic carbocycles. The van der Waals surface area contributed by atoms with Crippen LogP contribution < -0.4 is 10.6 Å². The standard InChI is InChI=1S/C10H20N2O4/c1-4-7(2)9(14)16-6-8(13)5-12-10(15)11-3/h7-8,13H,4-6H2,1-3H3,(H2,11,12,15). The van der Waals surface area contributed by atoms with Gasteiger partial charge < -0.3 is 20.5 Å². The van der Waals surface area contributed by atoms with Gasteiger partial charge in [0.25, 0.3) is 0 Å². The summed E-state index contributed by atoms with van der Waals surface area (Å²) >= 11 is 0. The zero-order valence-electron chi connectivity index (χ0n) is 9.95. The molecule has 0 spiro atoms. The van der Waals surface area contributed by atoms with Crippen LogP contribution in [0.4, 0.5) is 4.79 Å². The number of amides is 2. The van der Waals surface area contributed by atoms with Gasteiger partial charge in [0.1, 0.15) is 12.7 Å². The smallest absolute Gasteiger partial charge is 0.314 e. The monoisotopic (exact) mass is 232 g/mol. The fourth-order valence-corrected chi connectivity index (χ4v) is 0.845. The van der Waals surface area contributed by atoms with E-state index in [1.165, 1.54) is 7.05 Å². The molecule has 0 aliphatic carbocycles. The number of urea groups is 1. The highest BCUT2D eigenvalue weighted by Gasteiger charge is 2.14. The van der Waals surface area contributed by atoms with E-state index in [1.54, 1.807) is 6.92 Å². The quantitative estimate of drug-likeness (QED) is 0.556. The number of ether oxygens (including phenoxy) is 1. The van der Waals surface area contributed by atoms with Crippen LogP contribution in [-0.2, 0) is 9.53 Å². The summed E-state index contributed by atoms with van der Waals surface area (Å²) in [6, 6.07) is -0.382. The van der Waals surface area contributed by atoms with Crippen molar-refractivity contribution in [2.24, 2.45) is 5.92 Å². The van der Waals surface area contributed by atoms with Crippen LogP contribution in [-0.4, -0.2) is 43.4 Å². The average molecular weight is 232 g/mol. The largest absolute Gasteiger partial charge is 0.463 e. The Labute approximate surface area is 95.4 Å². The maximum atomic E-state index is 11.2. The van der Waals surface area contributed by atoms with Gasteiger partial charge in [0.2, 0.25) is 0 Å². The van der Waals surface area contributed by atoms with Crippen molar-refractivity contribution < 1.29 is 19.4 Å². The lowest BCUT2D eigenvalue weighted by Gasteiger charge is -2.14. The number of carbonyl (C=O) groups excluding carboxylic acids is 2. The molecule has 2 unspecified atom stereocenters. The van der Waals surface area contributed by atoms with Gasteiger partial charge in [0, 0.05) is 13.6 Å². The summed E-state index contributed by atoms with van der Waals surface area (Å²) in [7, 11) is 1.48. The van der Waals surface area contributed by atoms with Crippen LogP contribution in [0.2, 0.25) is 0 Å². The van der Waals surface area contributed by atoms with Crippen molar-refractivity contribution in [3.05, 3.63) is 0 Å². The van der Waals surface area contributed by atoms with E-state index in [0.717, 1.165) is 0 Å². The van der Waals surface area contributed by atoms with Gasteiger partial charge in [0.15, 0.2) is 0 Å². The lowest BCUT2D eigenvalue weighted by Crippen LogP contribution is -2.39. The minimum Gasteiger partial charge on any atom is -0.463 e. The fraction of sp³-hybridized carbons (Fsp3) is 0.800. The highest BCUT2D eigenvalue weighted by atomic mass is 16.5. The van der Waals surface area contributed by atoms with E-state index in [9.17, 15) is 14.7 Å². The molecule has 0 rings (SSSR count). The predicted molar refractivity (Wildman–Crippen MR) is 58.9 cm³/mol. The topological polar surface area (TPSA) is 87.7 Å². The summed E-state index contributed by atoms with van der Waals surface area (Å²) in [6.07, 6.45) is -0.184. The Balaban J connectivity index is 3.68. The summed E-state index contributed by atoms with van der Waals surface area (Å²) in [6.45, 7) is 3.59. The Morgan fingerprint density at radius 2 is 2.06 bits per heavy atom. The number of hydrogen-bond acceptors (Lipinski definition) is 4. The van der Waals surface area contributed by atoms with Gasteiger partial charge in [-0.05, 0) is 6.42 Å². The fourth-order valence-electron chi connectivity index (χ4n) is 0.845. The molecule has 0 radical (unpaired) electrons. The molecule has 6 heteroatoms. The third-order valence-corrected chi connectivity index (χ3v) is 2.16. The molecule has 2 amide bonds. The molecule has 0 aromatic heterocycles. The lowest BCUT2D eigenvalue weighted by molar-refractivity contribution is -0.150. The molecular formula is C10H20N2O4. The molecular weight excluding hydrogens is 212 g/mol. The van der Waals surface area contributed by atoms with E-state index in [1.807, 2.05) is 6.92 Å². The highest BCUT2D eigenvalue weighted by molar-refractivity contribution is 5.73. The number of aliphatic hydroxyl groups excluding tert-OH is 1. The number of rotatable bonds is 6. The SMILES string of the molecule is CCC(C)C(=O)OCC(O)CNC(=O)NC. The van der Waals surface area contributed by atoms with Gasteiger partial charge in [-0.3, -0.25) is 4.79 Å². The number of carbonyl (C=O) groups is 2. The zero-order chi connectivity index (χ0) is 12.6. The van der Waals surface area contributed by atoms with Crippen LogP contribution in [0.15, 0.2) is 0 Å². The lowest BCUT2D eigenvalue weighted by atomic mass is 10.1. The maximum Gasteiger partial charge on any atom is 0.314 e. The van der Waals surface area contributed by atoms with Crippen molar-refractivity contribution in [1.82, 2.24) is 10.6 Å². The molecule has 0 saturated heterocycles. The Morgan fingerprint density at radius 1 is 1.44 bits per heavy atom. The molecule has 94 valence electrons. The first kappa shape index (κ1) is 14.7. The van der Waals surface area contributed by atoms with Gasteiger partial charge in [-0.15, -0.1) is 0 Å². The second kappa shape index (κ2) is 7.92. The van der Waals surface area contributed by atoms with Crippen LogP contribution in [0.5, 0.6) is 0 Å². The first-order chi connectivity index (χ1) is 7.51. The predicted octanol–water partition coefficient (Wildman–Crippen LogP) is -0.134. The number of nitrogens with one attached hydrogen (secondary N) is 2. The Morgan fingerprint density at radius 3 is 2.56 bits per heavy atom. The van der Waals surface area contributed by atoms with Crippen LogP contribution in [0, 0.1) is 5.92 Å². The van der Waals surface area contributed by atoms with Crippen molar-refractivity contribution in [2.75, 3.05) is 20.2 Å². The van der Waals surface area contributed by atoms with Crippen LogP contribution in [0.1, 0.15) is 20.3 Å². The molecule has 0 saturated carbocycles. The molecule has 16 heavy (non-hydrogen) atoms. The number of hydrogen-bond donors (Lipinski definition) is 3. The van der Waals surface area contributed by atoms with Gasteiger partial charge in [0.05, 0.1) is 5.92 Å². The molecule has 0 bridgehead atoms. The summed E-state index contributed by atoms with van der Waals surface area (Å²) in [5, 5.41) is 14.1. The molecule has 0 aliphatic heterocycles. The zero-order valence-corrected chi connectivity index (χ0v) is 9.95. The maximum absolute atomic E-state index is 11.2. The van der Waals surface area contributed by atoms with E-state index in [-0.39, 0.29) is 31.1 Å². The molecule has 3 N–H and O–H groups in total.